The van der Waals surface area contributed by atoms with Gasteiger partial charge in [0.2, 0.25) is 5.95 Å². The number of rotatable bonds is 6. The fourth-order valence-electron chi connectivity index (χ4n) is 4.79. The number of hydrogen-bond donors (Lipinski definition) is 1. The van der Waals surface area contributed by atoms with Crippen LogP contribution < -0.4 is 5.32 Å². The minimum Gasteiger partial charge on any atom is -0.354 e. The van der Waals surface area contributed by atoms with Crippen LogP contribution in [0.2, 0.25) is 0 Å². The van der Waals surface area contributed by atoms with Gasteiger partial charge in [0.1, 0.15) is 5.82 Å². The summed E-state index contributed by atoms with van der Waals surface area (Å²) >= 11 is 0. The van der Waals surface area contributed by atoms with Crippen LogP contribution in [0.1, 0.15) is 29.0 Å². The summed E-state index contributed by atoms with van der Waals surface area (Å²) in [7, 11) is 2.19. The Morgan fingerprint density at radius 3 is 2.62 bits per heavy atom. The first-order valence-corrected chi connectivity index (χ1v) is 11.5. The van der Waals surface area contributed by atoms with Crippen molar-refractivity contribution in [3.05, 3.63) is 77.2 Å². The third-order valence-corrected chi connectivity index (χ3v) is 6.68. The van der Waals surface area contributed by atoms with E-state index in [1.165, 1.54) is 5.56 Å². The molecule has 2 heterocycles. The fourth-order valence-corrected chi connectivity index (χ4v) is 4.79. The minimum atomic E-state index is -0.204. The maximum atomic E-state index is 13.5. The van der Waals surface area contributed by atoms with Gasteiger partial charge in [0, 0.05) is 50.4 Å². The summed E-state index contributed by atoms with van der Waals surface area (Å²) < 4.78 is 13.5. The van der Waals surface area contributed by atoms with E-state index in [1.54, 1.807) is 12.1 Å². The summed E-state index contributed by atoms with van der Waals surface area (Å²) in [5.41, 5.74) is 5.66. The highest BCUT2D eigenvalue weighted by molar-refractivity contribution is 5.72. The number of aromatic nitrogens is 2. The molecule has 166 valence electrons. The normalized spacial score (nSPS) is 18.8. The smallest absolute Gasteiger partial charge is 0.223 e. The topological polar surface area (TPSA) is 44.3 Å². The van der Waals surface area contributed by atoms with Gasteiger partial charge in [0.15, 0.2) is 0 Å². The van der Waals surface area contributed by atoms with Crippen molar-refractivity contribution in [3.8, 4) is 11.3 Å². The molecule has 0 radical (unpaired) electrons. The third-order valence-electron chi connectivity index (χ3n) is 6.68. The van der Waals surface area contributed by atoms with Gasteiger partial charge in [-0.25, -0.2) is 14.4 Å². The molecule has 0 amide bonds. The molecule has 1 aliphatic carbocycles. The summed E-state index contributed by atoms with van der Waals surface area (Å²) in [6, 6.07) is 15.3. The van der Waals surface area contributed by atoms with E-state index in [2.05, 4.69) is 51.4 Å². The molecule has 0 bridgehead atoms. The Labute approximate surface area is 189 Å². The highest BCUT2D eigenvalue weighted by Crippen LogP contribution is 2.41. The molecule has 3 aromatic rings. The molecular weight excluding hydrogens is 401 g/mol. The molecule has 1 unspecified atom stereocenters. The summed E-state index contributed by atoms with van der Waals surface area (Å²) in [6.45, 7) is 6.58. The monoisotopic (exact) mass is 431 g/mol. The number of benzene rings is 2. The third kappa shape index (κ3) is 4.52. The van der Waals surface area contributed by atoms with Gasteiger partial charge in [-0.05, 0) is 55.3 Å². The number of nitrogens with one attached hydrogen (secondary N) is 1. The SMILES string of the molecule is CN1CCN(CCCNc2ncc3c(n2)-c2ccccc2C(c2ccc(F)cc2)C3)CC1. The Balaban J connectivity index is 1.28. The highest BCUT2D eigenvalue weighted by atomic mass is 19.1. The molecule has 5 rings (SSSR count). The molecule has 2 aliphatic rings. The van der Waals surface area contributed by atoms with Crippen LogP contribution in [0.15, 0.2) is 54.7 Å². The second-order valence-corrected chi connectivity index (χ2v) is 8.89. The number of hydrogen-bond acceptors (Lipinski definition) is 5. The van der Waals surface area contributed by atoms with Crippen molar-refractivity contribution < 1.29 is 4.39 Å². The Morgan fingerprint density at radius 2 is 1.81 bits per heavy atom. The van der Waals surface area contributed by atoms with Crippen LogP contribution in [0.5, 0.6) is 0 Å². The zero-order valence-electron chi connectivity index (χ0n) is 18.6. The number of piperazine rings is 1. The van der Waals surface area contributed by atoms with Crippen molar-refractivity contribution in [2.24, 2.45) is 0 Å². The number of halogens is 1. The predicted octanol–water partition coefficient (Wildman–Crippen LogP) is 4.02. The molecule has 1 N–H and O–H groups in total. The van der Waals surface area contributed by atoms with Crippen LogP contribution in [0.4, 0.5) is 10.3 Å². The molecule has 0 saturated carbocycles. The molecule has 1 saturated heterocycles. The Bertz CT molecular complexity index is 1060. The van der Waals surface area contributed by atoms with Crippen LogP contribution >= 0.6 is 0 Å². The lowest BCUT2D eigenvalue weighted by atomic mass is 9.78. The van der Waals surface area contributed by atoms with Crippen LogP contribution in [-0.2, 0) is 6.42 Å². The Morgan fingerprint density at radius 1 is 1.03 bits per heavy atom. The van der Waals surface area contributed by atoms with E-state index in [-0.39, 0.29) is 11.7 Å². The number of likely N-dealkylation sites (N-methyl/N-ethyl adjacent to an activating group) is 1. The quantitative estimate of drug-likeness (QED) is 0.598. The number of fused-ring (bicyclic) bond motifs is 3. The van der Waals surface area contributed by atoms with Gasteiger partial charge < -0.3 is 15.1 Å². The Hall–Kier alpha value is -2.83. The maximum Gasteiger partial charge on any atom is 0.223 e. The molecule has 1 fully saturated rings. The van der Waals surface area contributed by atoms with Crippen LogP contribution in [-0.4, -0.2) is 66.1 Å². The lowest BCUT2D eigenvalue weighted by molar-refractivity contribution is 0.154. The molecule has 1 aliphatic heterocycles. The predicted molar refractivity (Wildman–Crippen MR) is 126 cm³/mol. The van der Waals surface area contributed by atoms with Gasteiger partial charge in [0.05, 0.1) is 5.69 Å². The molecule has 32 heavy (non-hydrogen) atoms. The zero-order valence-corrected chi connectivity index (χ0v) is 18.6. The van der Waals surface area contributed by atoms with Crippen molar-refractivity contribution in [2.75, 3.05) is 51.6 Å². The second kappa shape index (κ2) is 9.35. The molecule has 2 aromatic carbocycles. The van der Waals surface area contributed by atoms with E-state index >= 15 is 0 Å². The first-order chi connectivity index (χ1) is 15.7. The van der Waals surface area contributed by atoms with Gasteiger partial charge in [-0.1, -0.05) is 36.4 Å². The average Bonchev–Trinajstić information content (AvgIpc) is 2.83. The van der Waals surface area contributed by atoms with Gasteiger partial charge in [-0.15, -0.1) is 0 Å². The van der Waals surface area contributed by atoms with E-state index in [1.807, 2.05) is 18.3 Å². The van der Waals surface area contributed by atoms with Crippen molar-refractivity contribution in [1.82, 2.24) is 19.8 Å². The lowest BCUT2D eigenvalue weighted by Crippen LogP contribution is -2.44. The number of nitrogens with zero attached hydrogens (tertiary/aromatic N) is 4. The van der Waals surface area contributed by atoms with E-state index < -0.39 is 0 Å². The van der Waals surface area contributed by atoms with E-state index in [9.17, 15) is 4.39 Å². The molecule has 1 aromatic heterocycles. The standard InChI is InChI=1S/C26H30FN5/c1-31-13-15-32(16-14-31)12-4-11-28-26-29-18-20-17-24(19-7-9-21(27)10-8-19)22-5-2-3-6-23(22)25(20)30-26/h2-3,5-10,18,24H,4,11-17H2,1H3,(H,28,29,30). The minimum absolute atomic E-state index is 0.185. The summed E-state index contributed by atoms with van der Waals surface area (Å²) in [4.78, 5) is 14.4. The van der Waals surface area contributed by atoms with Crippen LogP contribution in [0, 0.1) is 5.82 Å². The molecule has 6 heteroatoms. The van der Waals surface area contributed by atoms with Crippen LogP contribution in [0.25, 0.3) is 11.3 Å². The summed E-state index contributed by atoms with van der Waals surface area (Å²) in [5, 5.41) is 3.42. The second-order valence-electron chi connectivity index (χ2n) is 8.89. The van der Waals surface area contributed by atoms with Crippen LogP contribution in [0.3, 0.4) is 0 Å². The molecule has 1 atom stereocenters. The first-order valence-electron chi connectivity index (χ1n) is 11.5. The van der Waals surface area contributed by atoms with Gasteiger partial charge >= 0.3 is 0 Å². The average molecular weight is 432 g/mol. The molecular formula is C26H30FN5. The largest absolute Gasteiger partial charge is 0.354 e. The lowest BCUT2D eigenvalue weighted by Gasteiger charge is -2.32. The van der Waals surface area contributed by atoms with E-state index in [0.717, 1.165) is 74.5 Å². The van der Waals surface area contributed by atoms with Crippen molar-refractivity contribution in [1.29, 1.82) is 0 Å². The van der Waals surface area contributed by atoms with Crippen molar-refractivity contribution in [3.63, 3.8) is 0 Å². The fraction of sp³-hybridized carbons (Fsp3) is 0.385. The summed E-state index contributed by atoms with van der Waals surface area (Å²) in [5.74, 6) is 0.673. The van der Waals surface area contributed by atoms with Gasteiger partial charge in [-0.3, -0.25) is 0 Å². The maximum absolute atomic E-state index is 13.5. The van der Waals surface area contributed by atoms with E-state index in [0.29, 0.717) is 5.95 Å². The molecule has 5 nitrogen and oxygen atoms in total. The highest BCUT2D eigenvalue weighted by Gasteiger charge is 2.27. The van der Waals surface area contributed by atoms with Crippen molar-refractivity contribution >= 4 is 5.95 Å². The summed E-state index contributed by atoms with van der Waals surface area (Å²) in [6.07, 6.45) is 3.85. The van der Waals surface area contributed by atoms with Crippen molar-refractivity contribution in [2.45, 2.75) is 18.8 Å². The number of anilines is 1. The van der Waals surface area contributed by atoms with Gasteiger partial charge in [-0.2, -0.15) is 0 Å². The first kappa shape index (κ1) is 21.0. The molecule has 0 spiro atoms. The Kier molecular flexibility index (Phi) is 6.14. The van der Waals surface area contributed by atoms with Gasteiger partial charge in [0.25, 0.3) is 0 Å². The van der Waals surface area contributed by atoms with E-state index in [4.69, 9.17) is 4.98 Å². The zero-order chi connectivity index (χ0) is 21.9.